The number of carbonyl (C=O) groups is 1. The minimum Gasteiger partial charge on any atom is -0.505 e. The Kier molecular flexibility index (Phi) is 6.55. The first-order valence-corrected chi connectivity index (χ1v) is 12.8. The largest absolute Gasteiger partial charge is 0.505 e. The number of pyridine rings is 1. The summed E-state index contributed by atoms with van der Waals surface area (Å²) in [6.07, 6.45) is 6.11. The number of halogens is 2. The zero-order valence-corrected chi connectivity index (χ0v) is 21.8. The van der Waals surface area contributed by atoms with Crippen molar-refractivity contribution in [2.45, 2.75) is 38.3 Å². The third-order valence-corrected chi connectivity index (χ3v) is 7.83. The van der Waals surface area contributed by atoms with Crippen LogP contribution in [0.3, 0.4) is 0 Å². The van der Waals surface area contributed by atoms with Gasteiger partial charge in [0, 0.05) is 36.8 Å². The van der Waals surface area contributed by atoms with Crippen LogP contribution in [0.2, 0.25) is 10.0 Å². The van der Waals surface area contributed by atoms with Crippen molar-refractivity contribution in [2.75, 3.05) is 32.6 Å². The third kappa shape index (κ3) is 4.55. The maximum Gasteiger partial charge on any atom is 0.324 e. The fraction of sp³-hybridized carbons (Fsp3) is 0.407. The zero-order valence-electron chi connectivity index (χ0n) is 20.3. The number of hydrogen-bond donors (Lipinski definition) is 1. The summed E-state index contributed by atoms with van der Waals surface area (Å²) in [4.78, 5) is 24.3. The number of fused-ring (bicyclic) bond motifs is 3. The highest BCUT2D eigenvalue weighted by atomic mass is 35.5. The van der Waals surface area contributed by atoms with E-state index in [0.29, 0.717) is 12.5 Å². The highest BCUT2D eigenvalue weighted by Gasteiger charge is 2.37. The molecule has 2 aliphatic rings. The number of hydrogen-bond acceptors (Lipinski definition) is 4. The van der Waals surface area contributed by atoms with Crippen LogP contribution in [0, 0.1) is 5.92 Å². The third-order valence-electron chi connectivity index (χ3n) is 7.25. The first-order valence-electron chi connectivity index (χ1n) is 12.0. The molecule has 0 saturated heterocycles. The summed E-state index contributed by atoms with van der Waals surface area (Å²) >= 11 is 12.4. The van der Waals surface area contributed by atoms with Gasteiger partial charge in [-0.2, -0.15) is 0 Å². The summed E-state index contributed by atoms with van der Waals surface area (Å²) in [5.74, 6) is 0.546. The number of phenols is 1. The van der Waals surface area contributed by atoms with Gasteiger partial charge in [0.2, 0.25) is 0 Å². The van der Waals surface area contributed by atoms with E-state index in [9.17, 15) is 9.90 Å². The molecule has 8 heteroatoms. The molecule has 2 amide bonds. The van der Waals surface area contributed by atoms with E-state index in [4.69, 9.17) is 28.2 Å². The maximum absolute atomic E-state index is 13.5. The normalized spacial score (nSPS) is 20.6. The summed E-state index contributed by atoms with van der Waals surface area (Å²) in [7, 11) is 6.10. The molecular weight excluding hydrogens is 483 g/mol. The van der Waals surface area contributed by atoms with Gasteiger partial charge in [0.05, 0.1) is 27.8 Å². The van der Waals surface area contributed by atoms with Crippen LogP contribution in [0.1, 0.15) is 31.2 Å². The van der Waals surface area contributed by atoms with Crippen molar-refractivity contribution in [1.82, 2.24) is 14.8 Å². The lowest BCUT2D eigenvalue weighted by Crippen LogP contribution is -2.51. The molecule has 0 atom stereocenters. The zero-order chi connectivity index (χ0) is 24.9. The first kappa shape index (κ1) is 24.2. The number of anilines is 1. The van der Waals surface area contributed by atoms with E-state index in [1.807, 2.05) is 30.3 Å². The minimum atomic E-state index is -0.124. The summed E-state index contributed by atoms with van der Waals surface area (Å²) in [5.41, 5.74) is 4.55. The molecule has 1 aliphatic heterocycles. The van der Waals surface area contributed by atoms with Gasteiger partial charge in [-0.05, 0) is 81.1 Å². The molecule has 1 N–H and O–H groups in total. The van der Waals surface area contributed by atoms with Crippen LogP contribution in [0.5, 0.6) is 5.75 Å². The maximum atomic E-state index is 13.5. The highest BCUT2D eigenvalue weighted by Crippen LogP contribution is 2.42. The molecule has 0 radical (unpaired) electrons. The van der Waals surface area contributed by atoms with E-state index in [-0.39, 0.29) is 27.9 Å². The SMILES string of the molecule is CN(C)C[C@H]1CC[C@H](N2C(=O)N(C)Cc3cnc4ccc(-c5cc(Cl)c(O)c(Cl)c5)cc4c32)CC1. The fourth-order valence-corrected chi connectivity index (χ4v) is 6.06. The molecule has 184 valence electrons. The second-order valence-electron chi connectivity index (χ2n) is 10.1. The van der Waals surface area contributed by atoms with E-state index in [0.717, 1.165) is 65.5 Å². The van der Waals surface area contributed by atoms with Gasteiger partial charge >= 0.3 is 6.03 Å². The van der Waals surface area contributed by atoms with Crippen molar-refractivity contribution < 1.29 is 9.90 Å². The standard InChI is InChI=1S/C27H30Cl2N4O2/c1-31(2)14-16-4-7-20(8-5-16)33-25-19(15-32(3)27(33)35)13-30-24-9-6-17(10-21(24)25)18-11-22(28)26(34)23(29)12-18/h6,9-13,16,20,34H,4-5,7-8,14-15H2,1-3H3/t16-,20-. The van der Waals surface area contributed by atoms with Crippen LogP contribution in [-0.4, -0.2) is 59.7 Å². The second-order valence-corrected chi connectivity index (χ2v) is 10.9. The van der Waals surface area contributed by atoms with Crippen LogP contribution in [0.4, 0.5) is 10.5 Å². The van der Waals surface area contributed by atoms with Crippen molar-refractivity contribution in [2.24, 2.45) is 5.92 Å². The van der Waals surface area contributed by atoms with Crippen LogP contribution in [0.15, 0.2) is 36.5 Å². The Labute approximate surface area is 216 Å². The second kappa shape index (κ2) is 9.49. The molecule has 1 fully saturated rings. The summed E-state index contributed by atoms with van der Waals surface area (Å²) < 4.78 is 0. The van der Waals surface area contributed by atoms with Gasteiger partial charge in [0.1, 0.15) is 0 Å². The van der Waals surface area contributed by atoms with Gasteiger partial charge in [-0.15, -0.1) is 0 Å². The number of phenolic OH excluding ortho intramolecular Hbond substituents is 1. The Balaban J connectivity index is 1.58. The summed E-state index contributed by atoms with van der Waals surface area (Å²) in [6, 6.07) is 9.61. The molecule has 2 heterocycles. The smallest absolute Gasteiger partial charge is 0.324 e. The first-order chi connectivity index (χ1) is 16.7. The molecule has 1 aromatic heterocycles. The topological polar surface area (TPSA) is 59.9 Å². The van der Waals surface area contributed by atoms with Crippen LogP contribution >= 0.6 is 23.2 Å². The van der Waals surface area contributed by atoms with Gasteiger partial charge in [0.15, 0.2) is 5.75 Å². The molecule has 1 saturated carbocycles. The van der Waals surface area contributed by atoms with Gasteiger partial charge in [-0.25, -0.2) is 4.79 Å². The van der Waals surface area contributed by atoms with Crippen LogP contribution in [0.25, 0.3) is 22.0 Å². The molecule has 6 nitrogen and oxygen atoms in total. The Bertz CT molecular complexity index is 1260. The quantitative estimate of drug-likeness (QED) is 0.438. The number of rotatable bonds is 4. The predicted molar refractivity (Wildman–Crippen MR) is 143 cm³/mol. The van der Waals surface area contributed by atoms with Crippen LogP contribution < -0.4 is 4.90 Å². The molecular formula is C27H30Cl2N4O2. The van der Waals surface area contributed by atoms with E-state index < -0.39 is 0 Å². The van der Waals surface area contributed by atoms with Crippen LogP contribution in [-0.2, 0) is 6.54 Å². The lowest BCUT2D eigenvalue weighted by Gasteiger charge is -2.43. The van der Waals surface area contributed by atoms with Crippen molar-refractivity contribution in [3.63, 3.8) is 0 Å². The number of aromatic nitrogens is 1. The van der Waals surface area contributed by atoms with Crippen molar-refractivity contribution in [3.8, 4) is 16.9 Å². The Morgan fingerprint density at radius 3 is 2.40 bits per heavy atom. The monoisotopic (exact) mass is 512 g/mol. The molecule has 0 spiro atoms. The molecule has 35 heavy (non-hydrogen) atoms. The van der Waals surface area contributed by atoms with Crippen molar-refractivity contribution in [1.29, 1.82) is 0 Å². The van der Waals surface area contributed by atoms with Crippen molar-refractivity contribution in [3.05, 3.63) is 52.1 Å². The highest BCUT2D eigenvalue weighted by molar-refractivity contribution is 6.37. The van der Waals surface area contributed by atoms with E-state index >= 15 is 0 Å². The number of urea groups is 1. The molecule has 5 rings (SSSR count). The molecule has 0 unspecified atom stereocenters. The van der Waals surface area contributed by atoms with Crippen molar-refractivity contribution >= 4 is 45.8 Å². The van der Waals surface area contributed by atoms with Gasteiger partial charge < -0.3 is 14.9 Å². The average Bonchev–Trinajstić information content (AvgIpc) is 2.83. The molecule has 3 aromatic rings. The number of amides is 2. The molecule has 1 aliphatic carbocycles. The van der Waals surface area contributed by atoms with E-state index in [1.165, 1.54) is 0 Å². The Morgan fingerprint density at radius 1 is 1.06 bits per heavy atom. The minimum absolute atomic E-state index is 0.0437. The van der Waals surface area contributed by atoms with Gasteiger partial charge in [-0.3, -0.25) is 9.88 Å². The van der Waals surface area contributed by atoms with E-state index in [2.05, 4.69) is 25.1 Å². The van der Waals surface area contributed by atoms with E-state index in [1.54, 1.807) is 17.0 Å². The average molecular weight is 513 g/mol. The number of nitrogens with zero attached hydrogens (tertiary/aromatic N) is 4. The fourth-order valence-electron chi connectivity index (χ4n) is 5.58. The number of aromatic hydroxyl groups is 1. The lowest BCUT2D eigenvalue weighted by molar-refractivity contribution is 0.198. The number of carbonyl (C=O) groups excluding carboxylic acids is 1. The Hall–Kier alpha value is -2.54. The van der Waals surface area contributed by atoms with Gasteiger partial charge in [0.25, 0.3) is 0 Å². The molecule has 0 bridgehead atoms. The number of benzene rings is 2. The summed E-state index contributed by atoms with van der Waals surface area (Å²) in [6.45, 7) is 1.62. The predicted octanol–water partition coefficient (Wildman–Crippen LogP) is 6.41. The Morgan fingerprint density at radius 2 is 1.74 bits per heavy atom. The summed E-state index contributed by atoms with van der Waals surface area (Å²) in [5, 5.41) is 11.3. The van der Waals surface area contributed by atoms with Gasteiger partial charge in [-0.1, -0.05) is 29.3 Å². The molecule has 2 aromatic carbocycles. The lowest BCUT2D eigenvalue weighted by atomic mass is 9.84.